The maximum absolute atomic E-state index is 11.9. The van der Waals surface area contributed by atoms with Crippen LogP contribution in [0.1, 0.15) is 36.2 Å². The number of nitrogens with one attached hydrogen (secondary N) is 1. The molecule has 5 heteroatoms. The minimum atomic E-state index is -0.271. The summed E-state index contributed by atoms with van der Waals surface area (Å²) in [6.07, 6.45) is 1.37. The second kappa shape index (κ2) is 8.15. The molecule has 0 unspecified atom stereocenters. The molecule has 2 rings (SSSR count). The van der Waals surface area contributed by atoms with Crippen molar-refractivity contribution in [2.75, 3.05) is 17.7 Å². The van der Waals surface area contributed by atoms with Crippen molar-refractivity contribution in [2.45, 2.75) is 26.7 Å². The van der Waals surface area contributed by atoms with E-state index in [1.54, 1.807) is 25.1 Å². The molecule has 0 radical (unpaired) electrons. The Morgan fingerprint density at radius 1 is 1.08 bits per heavy atom. The third-order valence-corrected chi connectivity index (χ3v) is 3.66. The topological polar surface area (TPSA) is 81.4 Å². The van der Waals surface area contributed by atoms with E-state index in [1.165, 1.54) is 5.56 Å². The molecule has 5 nitrogen and oxygen atoms in total. The van der Waals surface area contributed by atoms with Crippen molar-refractivity contribution in [3.8, 4) is 5.75 Å². The van der Waals surface area contributed by atoms with Gasteiger partial charge in [-0.1, -0.05) is 26.0 Å². The number of aryl methyl sites for hydroxylation is 1. The summed E-state index contributed by atoms with van der Waals surface area (Å²) in [7, 11) is 0. The molecule has 0 bridgehead atoms. The van der Waals surface area contributed by atoms with Gasteiger partial charge in [0.1, 0.15) is 5.75 Å². The quantitative estimate of drug-likeness (QED) is 0.603. The van der Waals surface area contributed by atoms with E-state index in [0.717, 1.165) is 12.1 Å². The molecule has 0 fully saturated rings. The highest BCUT2D eigenvalue weighted by molar-refractivity contribution is 5.97. The second-order valence-corrected chi connectivity index (χ2v) is 5.42. The van der Waals surface area contributed by atoms with Crippen LogP contribution >= 0.6 is 0 Å². The predicted octanol–water partition coefficient (Wildman–Crippen LogP) is 3.44. The van der Waals surface area contributed by atoms with Crippen molar-refractivity contribution in [3.05, 3.63) is 53.6 Å². The monoisotopic (exact) mass is 326 g/mol. The highest BCUT2D eigenvalue weighted by Crippen LogP contribution is 2.23. The summed E-state index contributed by atoms with van der Waals surface area (Å²) in [5.74, 6) is 0.132. The highest BCUT2D eigenvalue weighted by Gasteiger charge is 2.09. The minimum absolute atomic E-state index is 0.0153. The first-order valence-electron chi connectivity index (χ1n) is 7.97. The Balaban J connectivity index is 1.92. The van der Waals surface area contributed by atoms with E-state index in [-0.39, 0.29) is 18.3 Å². The number of nitrogen functional groups attached to an aromatic ring is 1. The lowest BCUT2D eigenvalue weighted by atomic mass is 10.1. The van der Waals surface area contributed by atoms with Crippen LogP contribution in [0, 0.1) is 0 Å². The molecule has 0 spiro atoms. The van der Waals surface area contributed by atoms with Gasteiger partial charge in [-0.15, -0.1) is 0 Å². The molecular formula is C19H22N2O3. The number of carbonyl (C=O) groups excluding carboxylic acids is 2. The van der Waals surface area contributed by atoms with Crippen molar-refractivity contribution in [1.82, 2.24) is 0 Å². The van der Waals surface area contributed by atoms with Crippen molar-refractivity contribution < 1.29 is 14.3 Å². The Bertz CT molecular complexity index is 724. The van der Waals surface area contributed by atoms with Gasteiger partial charge in [-0.2, -0.15) is 0 Å². The summed E-state index contributed by atoms with van der Waals surface area (Å²) in [5, 5.41) is 2.76. The molecule has 1 amide bonds. The van der Waals surface area contributed by atoms with Crippen LogP contribution in [0.2, 0.25) is 0 Å². The maximum Gasteiger partial charge on any atom is 0.262 e. The maximum atomic E-state index is 11.9. The van der Waals surface area contributed by atoms with Crippen molar-refractivity contribution >= 4 is 23.1 Å². The molecule has 0 saturated carbocycles. The van der Waals surface area contributed by atoms with Gasteiger partial charge in [0.05, 0.1) is 5.69 Å². The van der Waals surface area contributed by atoms with Crippen molar-refractivity contribution in [2.24, 2.45) is 0 Å². The average Bonchev–Trinajstić information content (AvgIpc) is 2.60. The highest BCUT2D eigenvalue weighted by atomic mass is 16.5. The van der Waals surface area contributed by atoms with E-state index >= 15 is 0 Å². The third kappa shape index (κ3) is 4.59. The molecule has 0 aliphatic rings. The van der Waals surface area contributed by atoms with E-state index in [4.69, 9.17) is 10.5 Å². The summed E-state index contributed by atoms with van der Waals surface area (Å²) in [6.45, 7) is 3.71. The number of rotatable bonds is 7. The van der Waals surface area contributed by atoms with Gasteiger partial charge in [0.15, 0.2) is 12.4 Å². The number of benzene rings is 2. The van der Waals surface area contributed by atoms with E-state index in [9.17, 15) is 9.59 Å². The van der Waals surface area contributed by atoms with Crippen LogP contribution in [0.3, 0.4) is 0 Å². The van der Waals surface area contributed by atoms with Crippen LogP contribution in [0.25, 0.3) is 0 Å². The predicted molar refractivity (Wildman–Crippen MR) is 95.4 cm³/mol. The van der Waals surface area contributed by atoms with Gasteiger partial charge in [-0.05, 0) is 42.3 Å². The summed E-state index contributed by atoms with van der Waals surface area (Å²) in [5.41, 5.74) is 8.69. The molecule has 0 aliphatic heterocycles. The largest absolute Gasteiger partial charge is 0.482 e. The van der Waals surface area contributed by atoms with Crippen LogP contribution in [0.15, 0.2) is 42.5 Å². The van der Waals surface area contributed by atoms with Gasteiger partial charge >= 0.3 is 0 Å². The molecule has 2 aromatic rings. The number of carbonyl (C=O) groups is 2. The fourth-order valence-corrected chi connectivity index (χ4v) is 2.22. The first-order valence-corrected chi connectivity index (χ1v) is 7.97. The molecular weight excluding hydrogens is 304 g/mol. The van der Waals surface area contributed by atoms with E-state index in [1.807, 2.05) is 24.3 Å². The molecule has 0 saturated heterocycles. The number of Topliss-reactive ketones (excluding diaryl/α,β-unsaturated/α-hetero) is 1. The zero-order valence-electron chi connectivity index (χ0n) is 14.0. The molecule has 0 atom stereocenters. The molecule has 0 aromatic heterocycles. The molecule has 0 heterocycles. The lowest BCUT2D eigenvalue weighted by Gasteiger charge is -2.10. The number of nitrogens with two attached hydrogens (primary N) is 1. The zero-order valence-corrected chi connectivity index (χ0v) is 14.0. The van der Waals surface area contributed by atoms with Crippen molar-refractivity contribution in [3.63, 3.8) is 0 Å². The van der Waals surface area contributed by atoms with E-state index < -0.39 is 0 Å². The number of ketones is 1. The number of anilines is 2. The Morgan fingerprint density at radius 3 is 2.38 bits per heavy atom. The first-order chi connectivity index (χ1) is 11.5. The van der Waals surface area contributed by atoms with Gasteiger partial charge in [0, 0.05) is 17.7 Å². The number of amides is 1. The zero-order chi connectivity index (χ0) is 17.5. The summed E-state index contributed by atoms with van der Waals surface area (Å²) in [4.78, 5) is 23.6. The lowest BCUT2D eigenvalue weighted by molar-refractivity contribution is -0.118. The molecule has 24 heavy (non-hydrogen) atoms. The minimum Gasteiger partial charge on any atom is -0.482 e. The number of hydrogen-bond donors (Lipinski definition) is 2. The average molecular weight is 326 g/mol. The Kier molecular flexibility index (Phi) is 5.95. The van der Waals surface area contributed by atoms with E-state index in [0.29, 0.717) is 23.4 Å². The van der Waals surface area contributed by atoms with Crippen LogP contribution in [-0.2, 0) is 11.2 Å². The first kappa shape index (κ1) is 17.5. The van der Waals surface area contributed by atoms with Gasteiger partial charge in [0.2, 0.25) is 0 Å². The SMILES string of the molecule is CCC(=O)c1ccc(OCC(=O)Nc2ccc(CC)cc2)c(N)c1. The fourth-order valence-electron chi connectivity index (χ4n) is 2.22. The molecule has 3 N–H and O–H groups in total. The van der Waals surface area contributed by atoms with Crippen LogP contribution in [-0.4, -0.2) is 18.3 Å². The van der Waals surface area contributed by atoms with E-state index in [2.05, 4.69) is 12.2 Å². The van der Waals surface area contributed by atoms with Gasteiger partial charge in [-0.3, -0.25) is 9.59 Å². The van der Waals surface area contributed by atoms with Gasteiger partial charge in [-0.25, -0.2) is 0 Å². The number of hydrogen-bond acceptors (Lipinski definition) is 4. The van der Waals surface area contributed by atoms with Crippen LogP contribution < -0.4 is 15.8 Å². The second-order valence-electron chi connectivity index (χ2n) is 5.42. The lowest BCUT2D eigenvalue weighted by Crippen LogP contribution is -2.20. The molecule has 2 aromatic carbocycles. The molecule has 0 aliphatic carbocycles. The summed E-state index contributed by atoms with van der Waals surface area (Å²) in [6, 6.07) is 12.5. The number of ether oxygens (including phenoxy) is 1. The van der Waals surface area contributed by atoms with Crippen molar-refractivity contribution in [1.29, 1.82) is 0 Å². The smallest absolute Gasteiger partial charge is 0.262 e. The summed E-state index contributed by atoms with van der Waals surface area (Å²) < 4.78 is 5.44. The third-order valence-electron chi connectivity index (χ3n) is 3.66. The fraction of sp³-hybridized carbons (Fsp3) is 0.263. The normalized spacial score (nSPS) is 10.2. The van der Waals surface area contributed by atoms with Crippen LogP contribution in [0.5, 0.6) is 5.75 Å². The van der Waals surface area contributed by atoms with Gasteiger partial charge in [0.25, 0.3) is 5.91 Å². The molecule has 126 valence electrons. The Morgan fingerprint density at radius 2 is 1.79 bits per heavy atom. The summed E-state index contributed by atoms with van der Waals surface area (Å²) >= 11 is 0. The van der Waals surface area contributed by atoms with Crippen LogP contribution in [0.4, 0.5) is 11.4 Å². The Hall–Kier alpha value is -2.82. The standard InChI is InChI=1S/C19H22N2O3/c1-3-13-5-8-15(9-6-13)21-19(23)12-24-18-10-7-14(11-16(18)20)17(22)4-2/h5-11H,3-4,12,20H2,1-2H3,(H,21,23). The Labute approximate surface area is 141 Å². The van der Waals surface area contributed by atoms with Gasteiger partial charge < -0.3 is 15.8 Å².